The Morgan fingerprint density at radius 1 is 1.12 bits per heavy atom. The minimum atomic E-state index is 0. The van der Waals surface area contributed by atoms with Crippen LogP contribution in [0.1, 0.15) is 36.0 Å². The van der Waals surface area contributed by atoms with Crippen molar-refractivity contribution in [2.45, 2.75) is 37.8 Å². The summed E-state index contributed by atoms with van der Waals surface area (Å²) < 4.78 is 0. The maximum atomic E-state index is 11.9. The van der Waals surface area contributed by atoms with Gasteiger partial charge in [-0.2, -0.15) is 0 Å². The molecular weight excluding hydrogens is 236 g/mol. The van der Waals surface area contributed by atoms with Crippen LogP contribution in [0.3, 0.4) is 0 Å². The fourth-order valence-electron chi connectivity index (χ4n) is 2.12. The molecule has 1 aromatic rings. The summed E-state index contributed by atoms with van der Waals surface area (Å²) in [4.78, 5) is 11.9. The number of benzene rings is 1. The van der Waals surface area contributed by atoms with E-state index in [2.05, 4.69) is 5.32 Å². The van der Waals surface area contributed by atoms with E-state index in [1.807, 2.05) is 30.3 Å². The minimum absolute atomic E-state index is 0. The molecule has 0 spiro atoms. The van der Waals surface area contributed by atoms with Gasteiger partial charge in [0.25, 0.3) is 5.91 Å². The molecule has 1 fully saturated rings. The normalized spacial score (nSPS) is 23.6. The fraction of sp³-hybridized carbons (Fsp3) is 0.462. The molecule has 2 rings (SSSR count). The van der Waals surface area contributed by atoms with E-state index in [1.165, 1.54) is 0 Å². The highest BCUT2D eigenvalue weighted by molar-refractivity contribution is 5.94. The number of amides is 1. The SMILES string of the molecule is Cl.NC1CCC(NC(=O)c2ccccc2)CC1. The molecule has 0 bridgehead atoms. The van der Waals surface area contributed by atoms with Crippen LogP contribution < -0.4 is 11.1 Å². The van der Waals surface area contributed by atoms with Gasteiger partial charge >= 0.3 is 0 Å². The van der Waals surface area contributed by atoms with Gasteiger partial charge in [0.2, 0.25) is 0 Å². The molecule has 0 atom stereocenters. The first-order chi connectivity index (χ1) is 7.75. The molecule has 4 heteroatoms. The molecule has 0 heterocycles. The predicted molar refractivity (Wildman–Crippen MR) is 71.4 cm³/mol. The van der Waals surface area contributed by atoms with Crippen LogP contribution in [-0.2, 0) is 0 Å². The number of carbonyl (C=O) groups is 1. The lowest BCUT2D eigenvalue weighted by Crippen LogP contribution is -2.40. The van der Waals surface area contributed by atoms with Crippen LogP contribution in [0, 0.1) is 0 Å². The van der Waals surface area contributed by atoms with Crippen molar-refractivity contribution < 1.29 is 4.79 Å². The van der Waals surface area contributed by atoms with Gasteiger partial charge in [0.1, 0.15) is 0 Å². The summed E-state index contributed by atoms with van der Waals surface area (Å²) in [5.74, 6) is 0.0288. The first-order valence-corrected chi connectivity index (χ1v) is 5.87. The lowest BCUT2D eigenvalue weighted by atomic mass is 9.91. The second-order valence-electron chi connectivity index (χ2n) is 4.45. The van der Waals surface area contributed by atoms with Crippen LogP contribution in [0.4, 0.5) is 0 Å². The Bertz CT molecular complexity index is 348. The summed E-state index contributed by atoms with van der Waals surface area (Å²) in [6.07, 6.45) is 4.03. The van der Waals surface area contributed by atoms with Gasteiger partial charge < -0.3 is 11.1 Å². The molecule has 0 radical (unpaired) electrons. The largest absolute Gasteiger partial charge is 0.349 e. The molecule has 0 unspecified atom stereocenters. The van der Waals surface area contributed by atoms with E-state index in [9.17, 15) is 4.79 Å². The van der Waals surface area contributed by atoms with Crippen LogP contribution in [0.5, 0.6) is 0 Å². The van der Waals surface area contributed by atoms with E-state index >= 15 is 0 Å². The number of rotatable bonds is 2. The summed E-state index contributed by atoms with van der Waals surface area (Å²) in [5, 5.41) is 3.06. The lowest BCUT2D eigenvalue weighted by molar-refractivity contribution is 0.0926. The molecule has 3 N–H and O–H groups in total. The van der Waals surface area contributed by atoms with Crippen molar-refractivity contribution in [2.24, 2.45) is 5.73 Å². The molecule has 1 aliphatic rings. The van der Waals surface area contributed by atoms with Crippen molar-refractivity contribution in [1.29, 1.82) is 0 Å². The highest BCUT2D eigenvalue weighted by Crippen LogP contribution is 2.17. The Morgan fingerprint density at radius 3 is 2.29 bits per heavy atom. The van der Waals surface area contributed by atoms with Crippen LogP contribution in [-0.4, -0.2) is 18.0 Å². The zero-order valence-electron chi connectivity index (χ0n) is 9.76. The average Bonchev–Trinajstić information content (AvgIpc) is 2.33. The van der Waals surface area contributed by atoms with Crippen molar-refractivity contribution in [3.63, 3.8) is 0 Å². The van der Waals surface area contributed by atoms with E-state index in [0.29, 0.717) is 12.1 Å². The van der Waals surface area contributed by atoms with Crippen molar-refractivity contribution in [2.75, 3.05) is 0 Å². The molecule has 1 saturated carbocycles. The van der Waals surface area contributed by atoms with Gasteiger partial charge in [0, 0.05) is 17.6 Å². The van der Waals surface area contributed by atoms with Crippen LogP contribution >= 0.6 is 12.4 Å². The second kappa shape index (κ2) is 6.62. The quantitative estimate of drug-likeness (QED) is 0.849. The van der Waals surface area contributed by atoms with Gasteiger partial charge in [0.15, 0.2) is 0 Å². The number of hydrogen-bond donors (Lipinski definition) is 2. The molecule has 0 aromatic heterocycles. The monoisotopic (exact) mass is 254 g/mol. The molecule has 1 aliphatic carbocycles. The molecule has 1 aromatic carbocycles. The third-order valence-electron chi connectivity index (χ3n) is 3.14. The van der Waals surface area contributed by atoms with E-state index in [1.54, 1.807) is 0 Å². The van der Waals surface area contributed by atoms with Gasteiger partial charge in [-0.25, -0.2) is 0 Å². The van der Waals surface area contributed by atoms with E-state index in [-0.39, 0.29) is 18.3 Å². The summed E-state index contributed by atoms with van der Waals surface area (Å²) in [6, 6.07) is 9.97. The number of carbonyl (C=O) groups excluding carboxylic acids is 1. The zero-order chi connectivity index (χ0) is 11.4. The first-order valence-electron chi connectivity index (χ1n) is 5.87. The standard InChI is InChI=1S/C13H18N2O.ClH/c14-11-6-8-12(9-7-11)15-13(16)10-4-2-1-3-5-10;/h1-5,11-12H,6-9,14H2,(H,15,16);1H. The number of hydrogen-bond acceptors (Lipinski definition) is 2. The fourth-order valence-corrected chi connectivity index (χ4v) is 2.12. The van der Waals surface area contributed by atoms with Gasteiger partial charge in [-0.1, -0.05) is 18.2 Å². The maximum absolute atomic E-state index is 11.9. The Kier molecular flexibility index (Phi) is 5.45. The number of halogens is 1. The van der Waals surface area contributed by atoms with Crippen LogP contribution in [0.15, 0.2) is 30.3 Å². The Morgan fingerprint density at radius 2 is 1.71 bits per heavy atom. The summed E-state index contributed by atoms with van der Waals surface area (Å²) >= 11 is 0. The highest BCUT2D eigenvalue weighted by Gasteiger charge is 2.20. The zero-order valence-corrected chi connectivity index (χ0v) is 10.6. The number of nitrogens with one attached hydrogen (secondary N) is 1. The Hall–Kier alpha value is -1.06. The third-order valence-corrected chi connectivity index (χ3v) is 3.14. The van der Waals surface area contributed by atoms with E-state index in [0.717, 1.165) is 31.2 Å². The average molecular weight is 255 g/mol. The molecule has 94 valence electrons. The third kappa shape index (κ3) is 4.02. The highest BCUT2D eigenvalue weighted by atomic mass is 35.5. The van der Waals surface area contributed by atoms with Crippen molar-refractivity contribution in [3.05, 3.63) is 35.9 Å². The minimum Gasteiger partial charge on any atom is -0.349 e. The van der Waals surface area contributed by atoms with Gasteiger partial charge in [0.05, 0.1) is 0 Å². The van der Waals surface area contributed by atoms with Crippen molar-refractivity contribution in [3.8, 4) is 0 Å². The van der Waals surface area contributed by atoms with Crippen LogP contribution in [0.25, 0.3) is 0 Å². The maximum Gasteiger partial charge on any atom is 0.251 e. The lowest BCUT2D eigenvalue weighted by Gasteiger charge is -2.26. The van der Waals surface area contributed by atoms with Crippen molar-refractivity contribution in [1.82, 2.24) is 5.32 Å². The molecular formula is C13H19ClN2O. The Labute approximate surface area is 108 Å². The second-order valence-corrected chi connectivity index (χ2v) is 4.45. The number of nitrogens with two attached hydrogens (primary N) is 1. The molecule has 3 nitrogen and oxygen atoms in total. The molecule has 0 aliphatic heterocycles. The van der Waals surface area contributed by atoms with Crippen molar-refractivity contribution >= 4 is 18.3 Å². The molecule has 0 saturated heterocycles. The summed E-state index contributed by atoms with van der Waals surface area (Å²) in [5.41, 5.74) is 6.56. The molecule has 1 amide bonds. The first kappa shape index (κ1) is 14.0. The van der Waals surface area contributed by atoms with Crippen LogP contribution in [0.2, 0.25) is 0 Å². The van der Waals surface area contributed by atoms with Gasteiger partial charge in [-0.15, -0.1) is 12.4 Å². The van der Waals surface area contributed by atoms with E-state index in [4.69, 9.17) is 5.73 Å². The Balaban J connectivity index is 0.00000144. The molecule has 17 heavy (non-hydrogen) atoms. The smallest absolute Gasteiger partial charge is 0.251 e. The van der Waals surface area contributed by atoms with E-state index < -0.39 is 0 Å². The van der Waals surface area contributed by atoms with Gasteiger partial charge in [-0.3, -0.25) is 4.79 Å². The topological polar surface area (TPSA) is 55.1 Å². The van der Waals surface area contributed by atoms with Gasteiger partial charge in [-0.05, 0) is 37.8 Å². The predicted octanol–water partition coefficient (Wildman–Crippen LogP) is 2.11. The summed E-state index contributed by atoms with van der Waals surface area (Å²) in [6.45, 7) is 0. The summed E-state index contributed by atoms with van der Waals surface area (Å²) in [7, 11) is 0.